The van der Waals surface area contributed by atoms with Gasteiger partial charge in [-0.1, -0.05) is 35.5 Å². The maximum atomic E-state index is 6.06. The highest BCUT2D eigenvalue weighted by Crippen LogP contribution is 2.33. The predicted octanol–water partition coefficient (Wildman–Crippen LogP) is 4.65. The van der Waals surface area contributed by atoms with Crippen LogP contribution >= 0.6 is 39.3 Å². The molecule has 0 spiro atoms. The molecule has 0 amide bonds. The molecule has 4 heteroatoms. The molecule has 0 saturated heterocycles. The first-order chi connectivity index (χ1) is 7.25. The van der Waals surface area contributed by atoms with E-state index in [2.05, 4.69) is 20.9 Å². The van der Waals surface area contributed by atoms with Gasteiger partial charge in [0.05, 0.1) is 5.02 Å². The second-order valence-corrected chi connectivity index (χ2v) is 5.31. The van der Waals surface area contributed by atoms with Crippen molar-refractivity contribution in [3.8, 4) is 0 Å². The number of hydrogen-bond acceptors (Lipinski definition) is 2. The van der Waals surface area contributed by atoms with Gasteiger partial charge >= 0.3 is 0 Å². The molecular formula is C11H7BrClNS. The van der Waals surface area contributed by atoms with Gasteiger partial charge in [0.2, 0.25) is 0 Å². The van der Waals surface area contributed by atoms with Gasteiger partial charge in [-0.15, -0.1) is 0 Å². The molecule has 0 aliphatic heterocycles. The zero-order chi connectivity index (χ0) is 10.7. The van der Waals surface area contributed by atoms with E-state index in [0.29, 0.717) is 0 Å². The van der Waals surface area contributed by atoms with Gasteiger partial charge in [0.15, 0.2) is 0 Å². The minimum Gasteiger partial charge on any atom is -0.262 e. The van der Waals surface area contributed by atoms with Crippen LogP contribution in [0.4, 0.5) is 0 Å². The molecule has 1 heterocycles. The summed E-state index contributed by atoms with van der Waals surface area (Å²) in [4.78, 5) is 6.21. The van der Waals surface area contributed by atoms with Crippen LogP contribution in [-0.2, 0) is 0 Å². The summed E-state index contributed by atoms with van der Waals surface area (Å²) in [5.41, 5.74) is 0. The second kappa shape index (κ2) is 5.01. The molecule has 15 heavy (non-hydrogen) atoms. The molecule has 0 aliphatic carbocycles. The molecule has 1 aromatic heterocycles. The van der Waals surface area contributed by atoms with Crippen LogP contribution in [0.5, 0.6) is 0 Å². The third kappa shape index (κ3) is 2.97. The fourth-order valence-electron chi connectivity index (χ4n) is 1.10. The summed E-state index contributed by atoms with van der Waals surface area (Å²) >= 11 is 11.1. The molecule has 0 N–H and O–H groups in total. The van der Waals surface area contributed by atoms with Gasteiger partial charge in [0.25, 0.3) is 0 Å². The van der Waals surface area contributed by atoms with Crippen LogP contribution in [0.3, 0.4) is 0 Å². The van der Waals surface area contributed by atoms with E-state index in [1.165, 1.54) is 0 Å². The molecule has 1 aromatic carbocycles. The third-order valence-corrected chi connectivity index (χ3v) is 3.65. The van der Waals surface area contributed by atoms with E-state index >= 15 is 0 Å². The molecule has 1 nitrogen and oxygen atoms in total. The maximum Gasteiger partial charge on any atom is 0.0545 e. The smallest absolute Gasteiger partial charge is 0.0545 e. The van der Waals surface area contributed by atoms with Crippen molar-refractivity contribution >= 4 is 39.3 Å². The van der Waals surface area contributed by atoms with Gasteiger partial charge in [0.1, 0.15) is 0 Å². The summed E-state index contributed by atoms with van der Waals surface area (Å²) in [6.07, 6.45) is 3.58. The van der Waals surface area contributed by atoms with E-state index < -0.39 is 0 Å². The normalized spacial score (nSPS) is 10.3. The van der Waals surface area contributed by atoms with E-state index in [1.807, 2.05) is 36.5 Å². The van der Waals surface area contributed by atoms with Crippen LogP contribution in [0.25, 0.3) is 0 Å². The van der Waals surface area contributed by atoms with Crippen LogP contribution in [0.15, 0.2) is 57.0 Å². The van der Waals surface area contributed by atoms with Crippen molar-refractivity contribution in [1.82, 2.24) is 4.98 Å². The first-order valence-electron chi connectivity index (χ1n) is 4.28. The van der Waals surface area contributed by atoms with Crippen LogP contribution in [0.2, 0.25) is 5.02 Å². The van der Waals surface area contributed by atoms with Crippen molar-refractivity contribution < 1.29 is 0 Å². The summed E-state index contributed by atoms with van der Waals surface area (Å²) < 4.78 is 0.972. The van der Waals surface area contributed by atoms with Crippen LogP contribution in [0.1, 0.15) is 0 Å². The summed E-state index contributed by atoms with van der Waals surface area (Å²) in [5.74, 6) is 0. The van der Waals surface area contributed by atoms with Gasteiger partial charge in [-0.05, 0) is 34.1 Å². The van der Waals surface area contributed by atoms with Crippen molar-refractivity contribution in [2.24, 2.45) is 0 Å². The van der Waals surface area contributed by atoms with E-state index in [1.54, 1.807) is 18.0 Å². The number of halogens is 2. The number of nitrogens with zero attached hydrogens (tertiary/aromatic N) is 1. The molecule has 0 bridgehead atoms. The third-order valence-electron chi connectivity index (χ3n) is 1.74. The van der Waals surface area contributed by atoms with Crippen molar-refractivity contribution in [3.05, 3.63) is 52.2 Å². The number of pyridine rings is 1. The average molecular weight is 301 g/mol. The Kier molecular flexibility index (Phi) is 3.67. The lowest BCUT2D eigenvalue weighted by molar-refractivity contribution is 1.22. The zero-order valence-electron chi connectivity index (χ0n) is 7.65. The van der Waals surface area contributed by atoms with Crippen molar-refractivity contribution in [2.45, 2.75) is 9.79 Å². The number of rotatable bonds is 2. The summed E-state index contributed by atoms with van der Waals surface area (Å²) in [6.45, 7) is 0. The number of hydrogen-bond donors (Lipinski definition) is 0. The zero-order valence-corrected chi connectivity index (χ0v) is 10.8. The van der Waals surface area contributed by atoms with Crippen molar-refractivity contribution in [2.75, 3.05) is 0 Å². The lowest BCUT2D eigenvalue weighted by Gasteiger charge is -2.03. The van der Waals surface area contributed by atoms with Crippen molar-refractivity contribution in [3.63, 3.8) is 0 Å². The minimum atomic E-state index is 0.766. The number of benzene rings is 1. The minimum absolute atomic E-state index is 0.766. The number of aromatic nitrogens is 1. The van der Waals surface area contributed by atoms with E-state index in [0.717, 1.165) is 19.3 Å². The highest BCUT2D eigenvalue weighted by Gasteiger charge is 2.02. The summed E-state index contributed by atoms with van der Waals surface area (Å²) in [7, 11) is 0. The van der Waals surface area contributed by atoms with Crippen LogP contribution in [0, 0.1) is 0 Å². The lowest BCUT2D eigenvalue weighted by Crippen LogP contribution is -1.77. The Morgan fingerprint density at radius 2 is 2.00 bits per heavy atom. The molecule has 0 radical (unpaired) electrons. The van der Waals surface area contributed by atoms with E-state index in [4.69, 9.17) is 11.6 Å². The Hall–Kier alpha value is -0.510. The van der Waals surface area contributed by atoms with Crippen LogP contribution < -0.4 is 0 Å². The molecule has 2 aromatic rings. The summed E-state index contributed by atoms with van der Waals surface area (Å²) in [5, 5.41) is 0.766. The van der Waals surface area contributed by atoms with Gasteiger partial charge < -0.3 is 0 Å². The topological polar surface area (TPSA) is 12.9 Å². The monoisotopic (exact) mass is 299 g/mol. The van der Waals surface area contributed by atoms with Gasteiger partial charge in [0, 0.05) is 26.7 Å². The quantitative estimate of drug-likeness (QED) is 0.801. The Morgan fingerprint density at radius 1 is 1.20 bits per heavy atom. The predicted molar refractivity (Wildman–Crippen MR) is 67.5 cm³/mol. The van der Waals surface area contributed by atoms with Gasteiger partial charge in [-0.25, -0.2) is 0 Å². The SMILES string of the molecule is Clc1ccccc1Sc1cncc(Br)c1. The maximum absolute atomic E-state index is 6.06. The van der Waals surface area contributed by atoms with E-state index in [9.17, 15) is 0 Å². The molecule has 2 rings (SSSR count). The average Bonchev–Trinajstić information content (AvgIpc) is 2.22. The highest BCUT2D eigenvalue weighted by atomic mass is 79.9. The highest BCUT2D eigenvalue weighted by molar-refractivity contribution is 9.10. The Labute approximate surface area is 106 Å². The Bertz CT molecular complexity index is 476. The fraction of sp³-hybridized carbons (Fsp3) is 0. The van der Waals surface area contributed by atoms with Crippen molar-refractivity contribution in [1.29, 1.82) is 0 Å². The molecular weight excluding hydrogens is 294 g/mol. The molecule has 0 unspecified atom stereocenters. The fourth-order valence-corrected chi connectivity index (χ4v) is 2.74. The first-order valence-corrected chi connectivity index (χ1v) is 6.27. The van der Waals surface area contributed by atoms with Gasteiger partial charge in [-0.3, -0.25) is 4.98 Å². The van der Waals surface area contributed by atoms with E-state index in [-0.39, 0.29) is 0 Å². The Balaban J connectivity index is 2.26. The first kappa shape index (κ1) is 11.0. The molecule has 0 saturated carbocycles. The van der Waals surface area contributed by atoms with Gasteiger partial charge in [-0.2, -0.15) is 0 Å². The lowest BCUT2D eigenvalue weighted by atomic mass is 10.4. The molecule has 0 atom stereocenters. The standard InChI is InChI=1S/C11H7BrClNS/c12-8-5-9(7-14-6-8)15-11-4-2-1-3-10(11)13/h1-7H. The summed E-state index contributed by atoms with van der Waals surface area (Å²) in [6, 6.07) is 9.79. The Morgan fingerprint density at radius 3 is 2.73 bits per heavy atom. The molecule has 0 aliphatic rings. The molecule has 76 valence electrons. The largest absolute Gasteiger partial charge is 0.262 e. The molecule has 0 fully saturated rings. The second-order valence-electron chi connectivity index (χ2n) is 2.87. The van der Waals surface area contributed by atoms with Crippen LogP contribution in [-0.4, -0.2) is 4.98 Å².